The highest BCUT2D eigenvalue weighted by atomic mass is 16.4. The fourth-order valence-electron chi connectivity index (χ4n) is 1.70. The third kappa shape index (κ3) is 6.04. The maximum absolute atomic E-state index is 11.7. The summed E-state index contributed by atoms with van der Waals surface area (Å²) in [6.45, 7) is 2.49. The van der Waals surface area contributed by atoms with Crippen molar-refractivity contribution in [1.82, 2.24) is 5.32 Å². The van der Waals surface area contributed by atoms with Crippen LogP contribution in [0.4, 0.5) is 10.5 Å². The van der Waals surface area contributed by atoms with Crippen molar-refractivity contribution in [1.29, 1.82) is 0 Å². The van der Waals surface area contributed by atoms with Crippen molar-refractivity contribution in [2.24, 2.45) is 0 Å². The number of amides is 2. The van der Waals surface area contributed by atoms with Gasteiger partial charge in [0.1, 0.15) is 0 Å². The van der Waals surface area contributed by atoms with Crippen LogP contribution in [-0.4, -0.2) is 23.7 Å². The molecule has 20 heavy (non-hydrogen) atoms. The van der Waals surface area contributed by atoms with Crippen molar-refractivity contribution in [3.63, 3.8) is 0 Å². The number of carbonyl (C=O) groups excluding carboxylic acids is 1. The number of hydrogen-bond donors (Lipinski definition) is 3. The first kappa shape index (κ1) is 15.8. The van der Waals surface area contributed by atoms with Gasteiger partial charge in [0.15, 0.2) is 0 Å². The number of rotatable bonds is 7. The number of urea groups is 1. The van der Waals surface area contributed by atoms with Crippen LogP contribution in [0, 0.1) is 0 Å². The Balaban J connectivity index is 2.53. The molecule has 0 aliphatic carbocycles. The van der Waals surface area contributed by atoms with Crippen molar-refractivity contribution in [2.75, 3.05) is 11.9 Å². The Hall–Kier alpha value is -2.30. The SMILES string of the molecule is C/C=C/CCNC(=O)Nc1ccccc1CCC(=O)O. The maximum atomic E-state index is 11.7. The number of hydrogen-bond acceptors (Lipinski definition) is 2. The van der Waals surface area contributed by atoms with Crippen LogP contribution in [0.25, 0.3) is 0 Å². The number of carboxylic acids is 1. The van der Waals surface area contributed by atoms with Crippen LogP contribution in [-0.2, 0) is 11.2 Å². The molecular formula is C15H20N2O3. The number of allylic oxidation sites excluding steroid dienone is 1. The zero-order valence-electron chi connectivity index (χ0n) is 11.6. The minimum Gasteiger partial charge on any atom is -0.481 e. The molecule has 2 amide bonds. The van der Waals surface area contributed by atoms with Gasteiger partial charge in [-0.2, -0.15) is 0 Å². The van der Waals surface area contributed by atoms with Gasteiger partial charge in [0, 0.05) is 18.7 Å². The fraction of sp³-hybridized carbons (Fsp3) is 0.333. The maximum Gasteiger partial charge on any atom is 0.319 e. The quantitative estimate of drug-likeness (QED) is 0.529. The second kappa shape index (κ2) is 8.74. The molecule has 0 aliphatic heterocycles. The van der Waals surface area contributed by atoms with Crippen LogP contribution in [0.15, 0.2) is 36.4 Å². The van der Waals surface area contributed by atoms with Crippen LogP contribution in [0.1, 0.15) is 25.3 Å². The van der Waals surface area contributed by atoms with Gasteiger partial charge in [-0.25, -0.2) is 4.79 Å². The Morgan fingerprint density at radius 1 is 1.30 bits per heavy atom. The normalized spacial score (nSPS) is 10.4. The van der Waals surface area contributed by atoms with E-state index in [2.05, 4.69) is 10.6 Å². The number of anilines is 1. The van der Waals surface area contributed by atoms with E-state index in [1.807, 2.05) is 31.2 Å². The van der Waals surface area contributed by atoms with E-state index in [1.54, 1.807) is 12.1 Å². The molecule has 5 heteroatoms. The average molecular weight is 276 g/mol. The van der Waals surface area contributed by atoms with Crippen LogP contribution >= 0.6 is 0 Å². The number of benzene rings is 1. The highest BCUT2D eigenvalue weighted by Gasteiger charge is 2.07. The fourth-order valence-corrected chi connectivity index (χ4v) is 1.70. The van der Waals surface area contributed by atoms with Gasteiger partial charge in [0.2, 0.25) is 0 Å². The predicted molar refractivity (Wildman–Crippen MR) is 78.9 cm³/mol. The summed E-state index contributed by atoms with van der Waals surface area (Å²) in [6, 6.07) is 6.94. The van der Waals surface area contributed by atoms with Crippen molar-refractivity contribution in [3.05, 3.63) is 42.0 Å². The number of para-hydroxylation sites is 1. The van der Waals surface area contributed by atoms with Gasteiger partial charge in [0.05, 0.1) is 0 Å². The van der Waals surface area contributed by atoms with Gasteiger partial charge in [0.25, 0.3) is 0 Å². The van der Waals surface area contributed by atoms with Crippen LogP contribution in [0.3, 0.4) is 0 Å². The molecule has 0 saturated heterocycles. The molecule has 5 nitrogen and oxygen atoms in total. The van der Waals surface area contributed by atoms with Gasteiger partial charge < -0.3 is 15.7 Å². The van der Waals surface area contributed by atoms with Gasteiger partial charge in [-0.3, -0.25) is 4.79 Å². The van der Waals surface area contributed by atoms with Gasteiger partial charge in [-0.15, -0.1) is 0 Å². The van der Waals surface area contributed by atoms with Crippen molar-refractivity contribution in [3.8, 4) is 0 Å². The Kier molecular flexibility index (Phi) is 6.89. The van der Waals surface area contributed by atoms with E-state index in [9.17, 15) is 9.59 Å². The molecule has 0 fully saturated rings. The molecule has 0 atom stereocenters. The summed E-state index contributed by atoms with van der Waals surface area (Å²) < 4.78 is 0. The topological polar surface area (TPSA) is 78.4 Å². The van der Waals surface area contributed by atoms with E-state index >= 15 is 0 Å². The molecule has 3 N–H and O–H groups in total. The monoisotopic (exact) mass is 276 g/mol. The first-order valence-electron chi connectivity index (χ1n) is 6.59. The minimum atomic E-state index is -0.851. The average Bonchev–Trinajstić information content (AvgIpc) is 2.42. The Morgan fingerprint density at radius 3 is 2.75 bits per heavy atom. The summed E-state index contributed by atoms with van der Waals surface area (Å²) in [6.07, 6.45) is 5.12. The standard InChI is InChI=1S/C15H20N2O3/c1-2-3-6-11-16-15(20)17-13-8-5-4-7-12(13)9-10-14(18)19/h2-5,7-8H,6,9-11H2,1H3,(H,18,19)(H2,16,17,20)/b3-2+. The van der Waals surface area contributed by atoms with Crippen molar-refractivity contribution in [2.45, 2.75) is 26.2 Å². The molecule has 1 aromatic rings. The first-order chi connectivity index (χ1) is 9.63. The number of carbonyl (C=O) groups is 2. The molecule has 0 radical (unpaired) electrons. The highest BCUT2D eigenvalue weighted by molar-refractivity contribution is 5.90. The van der Waals surface area contributed by atoms with E-state index in [4.69, 9.17) is 5.11 Å². The smallest absolute Gasteiger partial charge is 0.319 e. The number of aryl methyl sites for hydroxylation is 1. The molecular weight excluding hydrogens is 256 g/mol. The Bertz CT molecular complexity index is 484. The predicted octanol–water partition coefficient (Wildman–Crippen LogP) is 2.79. The summed E-state index contributed by atoms with van der Waals surface area (Å²) >= 11 is 0. The molecule has 0 aromatic heterocycles. The highest BCUT2D eigenvalue weighted by Crippen LogP contribution is 2.16. The van der Waals surface area contributed by atoms with E-state index in [0.717, 1.165) is 12.0 Å². The van der Waals surface area contributed by atoms with Crippen molar-refractivity contribution < 1.29 is 14.7 Å². The molecule has 0 heterocycles. The lowest BCUT2D eigenvalue weighted by Crippen LogP contribution is -2.29. The zero-order chi connectivity index (χ0) is 14.8. The minimum absolute atomic E-state index is 0.0433. The molecule has 0 aliphatic rings. The largest absolute Gasteiger partial charge is 0.481 e. The van der Waals surface area contributed by atoms with Crippen molar-refractivity contribution >= 4 is 17.7 Å². The Morgan fingerprint density at radius 2 is 2.05 bits per heavy atom. The lowest BCUT2D eigenvalue weighted by atomic mass is 10.1. The van der Waals surface area contributed by atoms with E-state index in [1.165, 1.54) is 0 Å². The Labute approximate surface area is 118 Å². The molecule has 0 unspecified atom stereocenters. The van der Waals surface area contributed by atoms with Gasteiger partial charge in [-0.1, -0.05) is 30.4 Å². The second-order valence-electron chi connectivity index (χ2n) is 4.29. The number of carboxylic acid groups (broad SMARTS) is 1. The first-order valence-corrected chi connectivity index (χ1v) is 6.59. The van der Waals surface area contributed by atoms with Gasteiger partial charge in [-0.05, 0) is 31.4 Å². The van der Waals surface area contributed by atoms with E-state index in [-0.39, 0.29) is 12.5 Å². The summed E-state index contributed by atoms with van der Waals surface area (Å²) in [4.78, 5) is 22.3. The van der Waals surface area contributed by atoms with E-state index < -0.39 is 5.97 Å². The molecule has 0 bridgehead atoms. The summed E-state index contributed by atoms with van der Waals surface area (Å²) in [5, 5.41) is 14.2. The molecule has 1 aromatic carbocycles. The summed E-state index contributed by atoms with van der Waals surface area (Å²) in [5.41, 5.74) is 1.47. The molecule has 108 valence electrons. The summed E-state index contributed by atoms with van der Waals surface area (Å²) in [5.74, 6) is -0.851. The lowest BCUT2D eigenvalue weighted by molar-refractivity contribution is -0.136. The second-order valence-corrected chi connectivity index (χ2v) is 4.29. The van der Waals surface area contributed by atoms with Crippen LogP contribution in [0.5, 0.6) is 0 Å². The lowest BCUT2D eigenvalue weighted by Gasteiger charge is -2.11. The third-order valence-electron chi connectivity index (χ3n) is 2.71. The number of nitrogens with one attached hydrogen (secondary N) is 2. The molecule has 0 spiro atoms. The van der Waals surface area contributed by atoms with Gasteiger partial charge >= 0.3 is 12.0 Å². The number of aliphatic carboxylic acids is 1. The van der Waals surface area contributed by atoms with Crippen LogP contribution < -0.4 is 10.6 Å². The molecule has 0 saturated carbocycles. The van der Waals surface area contributed by atoms with E-state index in [0.29, 0.717) is 18.7 Å². The third-order valence-corrected chi connectivity index (χ3v) is 2.71. The zero-order valence-corrected chi connectivity index (χ0v) is 11.6. The molecule has 1 rings (SSSR count). The summed E-state index contributed by atoms with van der Waals surface area (Å²) in [7, 11) is 0. The van der Waals surface area contributed by atoms with Crippen LogP contribution in [0.2, 0.25) is 0 Å².